The molecule has 1 atom stereocenters. The molecule has 0 aliphatic carbocycles. The van der Waals surface area contributed by atoms with E-state index in [-0.39, 0.29) is 11.3 Å². The molecule has 2 heterocycles. The molecule has 0 amide bonds. The molecule has 0 saturated heterocycles. The van der Waals surface area contributed by atoms with E-state index < -0.39 is 11.9 Å². The van der Waals surface area contributed by atoms with Crippen LogP contribution in [-0.4, -0.2) is 18.0 Å². The molecule has 1 aliphatic heterocycles. The summed E-state index contributed by atoms with van der Waals surface area (Å²) >= 11 is 3.49. The number of aryl methyl sites for hydroxylation is 1. The van der Waals surface area contributed by atoms with Gasteiger partial charge in [-0.3, -0.25) is 0 Å². The molecule has 1 N–H and O–H groups in total. The van der Waals surface area contributed by atoms with E-state index in [4.69, 9.17) is 4.74 Å². The van der Waals surface area contributed by atoms with Gasteiger partial charge in [-0.25, -0.2) is 4.39 Å². The Morgan fingerprint density at radius 1 is 1.40 bits per heavy atom. The molecule has 20 heavy (non-hydrogen) atoms. The van der Waals surface area contributed by atoms with Crippen LogP contribution < -0.4 is 4.74 Å². The van der Waals surface area contributed by atoms with Crippen LogP contribution in [0.2, 0.25) is 0 Å². The quantitative estimate of drug-likeness (QED) is 0.936. The lowest BCUT2D eigenvalue weighted by Crippen LogP contribution is -2.02. The predicted octanol–water partition coefficient (Wildman–Crippen LogP) is 3.77. The summed E-state index contributed by atoms with van der Waals surface area (Å²) in [6.07, 6.45) is 0.114. The average Bonchev–Trinajstić information content (AvgIpc) is 2.90. The van der Waals surface area contributed by atoms with Gasteiger partial charge >= 0.3 is 0 Å². The molecule has 2 nitrogen and oxygen atoms in total. The number of fused-ring (bicyclic) bond motifs is 1. The number of thioether (sulfide) groups is 1. The van der Waals surface area contributed by atoms with Crippen molar-refractivity contribution in [1.29, 1.82) is 0 Å². The number of thiophene rings is 1. The van der Waals surface area contributed by atoms with Crippen LogP contribution in [0.4, 0.5) is 4.39 Å². The van der Waals surface area contributed by atoms with Gasteiger partial charge in [-0.1, -0.05) is 12.1 Å². The molecule has 1 aliphatic rings. The highest BCUT2D eigenvalue weighted by molar-refractivity contribution is 7.98. The maximum absolute atomic E-state index is 14.2. The normalized spacial score (nSPS) is 15.8. The summed E-state index contributed by atoms with van der Waals surface area (Å²) in [5.41, 5.74) is 1.55. The Morgan fingerprint density at radius 2 is 2.25 bits per heavy atom. The molecular weight excluding hydrogens is 295 g/mol. The standard InChI is InChI=1S/C15H15FO2S2/c1-18-11-4-2-3-10(14(11)16)15(17)13-7-9-8-19-6-5-12(9)20-13/h2-4,7,15,17H,5-6,8H2,1H3. The van der Waals surface area contributed by atoms with E-state index >= 15 is 0 Å². The van der Waals surface area contributed by atoms with Crippen molar-refractivity contribution < 1.29 is 14.2 Å². The second-order valence-corrected chi connectivity index (χ2v) is 6.94. The maximum Gasteiger partial charge on any atom is 0.171 e. The molecule has 0 spiro atoms. The van der Waals surface area contributed by atoms with E-state index in [0.29, 0.717) is 0 Å². The zero-order valence-electron chi connectivity index (χ0n) is 11.1. The van der Waals surface area contributed by atoms with Gasteiger partial charge < -0.3 is 9.84 Å². The van der Waals surface area contributed by atoms with E-state index in [9.17, 15) is 9.50 Å². The molecule has 0 saturated carbocycles. The number of methoxy groups -OCH3 is 1. The Balaban J connectivity index is 1.96. The molecule has 1 aromatic carbocycles. The van der Waals surface area contributed by atoms with Crippen molar-refractivity contribution in [3.63, 3.8) is 0 Å². The highest BCUT2D eigenvalue weighted by atomic mass is 32.2. The number of rotatable bonds is 3. The second kappa shape index (κ2) is 5.76. The van der Waals surface area contributed by atoms with Gasteiger partial charge in [-0.2, -0.15) is 11.8 Å². The highest BCUT2D eigenvalue weighted by Crippen LogP contribution is 2.38. The average molecular weight is 310 g/mol. The fraction of sp³-hybridized carbons (Fsp3) is 0.333. The minimum Gasteiger partial charge on any atom is -0.494 e. The molecule has 2 aromatic rings. The van der Waals surface area contributed by atoms with Gasteiger partial charge in [0.05, 0.1) is 7.11 Å². The highest BCUT2D eigenvalue weighted by Gasteiger charge is 2.22. The third-order valence-electron chi connectivity index (χ3n) is 3.42. The predicted molar refractivity (Wildman–Crippen MR) is 81.2 cm³/mol. The molecule has 3 rings (SSSR count). The van der Waals surface area contributed by atoms with Crippen molar-refractivity contribution in [2.75, 3.05) is 12.9 Å². The van der Waals surface area contributed by atoms with Gasteiger partial charge in [-0.15, -0.1) is 11.3 Å². The largest absolute Gasteiger partial charge is 0.494 e. The molecule has 0 radical (unpaired) electrons. The monoisotopic (exact) mass is 310 g/mol. The Morgan fingerprint density at radius 3 is 3.00 bits per heavy atom. The van der Waals surface area contributed by atoms with Crippen molar-refractivity contribution in [2.45, 2.75) is 18.3 Å². The number of hydrogen-bond acceptors (Lipinski definition) is 4. The van der Waals surface area contributed by atoms with Gasteiger partial charge in [0, 0.05) is 21.1 Å². The Kier molecular flexibility index (Phi) is 4.01. The molecule has 0 fully saturated rings. The van der Waals surface area contributed by atoms with Crippen LogP contribution in [0.3, 0.4) is 0 Å². The summed E-state index contributed by atoms with van der Waals surface area (Å²) in [6, 6.07) is 6.87. The van der Waals surface area contributed by atoms with E-state index in [0.717, 1.165) is 22.8 Å². The number of benzene rings is 1. The zero-order chi connectivity index (χ0) is 14.1. The van der Waals surface area contributed by atoms with Gasteiger partial charge in [-0.05, 0) is 29.9 Å². The SMILES string of the molecule is COc1cccc(C(O)c2cc3c(s2)CCSC3)c1F. The lowest BCUT2D eigenvalue weighted by molar-refractivity contribution is 0.217. The lowest BCUT2D eigenvalue weighted by atomic mass is 10.1. The van der Waals surface area contributed by atoms with Crippen LogP contribution in [0.1, 0.15) is 27.0 Å². The fourth-order valence-corrected chi connectivity index (χ4v) is 4.74. The van der Waals surface area contributed by atoms with Crippen molar-refractivity contribution in [1.82, 2.24) is 0 Å². The summed E-state index contributed by atoms with van der Waals surface area (Å²) < 4.78 is 19.2. The first-order valence-corrected chi connectivity index (χ1v) is 8.37. The van der Waals surface area contributed by atoms with Gasteiger partial charge in [0.15, 0.2) is 11.6 Å². The smallest absolute Gasteiger partial charge is 0.171 e. The zero-order valence-corrected chi connectivity index (χ0v) is 12.7. The first kappa shape index (κ1) is 13.9. The number of ether oxygens (including phenoxy) is 1. The summed E-state index contributed by atoms with van der Waals surface area (Å²) in [6.45, 7) is 0. The topological polar surface area (TPSA) is 29.5 Å². The second-order valence-electron chi connectivity index (χ2n) is 4.67. The van der Waals surface area contributed by atoms with Crippen molar-refractivity contribution >= 4 is 23.1 Å². The first-order valence-electron chi connectivity index (χ1n) is 6.40. The number of halogens is 1. The van der Waals surface area contributed by atoms with Crippen LogP contribution in [0, 0.1) is 5.82 Å². The summed E-state index contributed by atoms with van der Waals surface area (Å²) in [5, 5.41) is 10.4. The van der Waals surface area contributed by atoms with Gasteiger partial charge in [0.1, 0.15) is 6.10 Å². The molecule has 1 aromatic heterocycles. The van der Waals surface area contributed by atoms with Gasteiger partial charge in [0.2, 0.25) is 0 Å². The minimum atomic E-state index is -0.925. The van der Waals surface area contributed by atoms with Crippen molar-refractivity contribution in [3.8, 4) is 5.75 Å². The van der Waals surface area contributed by atoms with E-state index in [2.05, 4.69) is 0 Å². The summed E-state index contributed by atoms with van der Waals surface area (Å²) in [5.74, 6) is 1.79. The van der Waals surface area contributed by atoms with E-state index in [1.165, 1.54) is 17.6 Å². The molecular formula is C15H15FO2S2. The number of aliphatic hydroxyl groups is 1. The van der Waals surface area contributed by atoms with Crippen LogP contribution in [0.25, 0.3) is 0 Å². The molecule has 1 unspecified atom stereocenters. The van der Waals surface area contributed by atoms with Crippen LogP contribution >= 0.6 is 23.1 Å². The van der Waals surface area contributed by atoms with E-state index in [1.807, 2.05) is 17.8 Å². The Bertz CT molecular complexity index is 601. The molecule has 5 heteroatoms. The lowest BCUT2D eigenvalue weighted by Gasteiger charge is -2.12. The third-order valence-corrected chi connectivity index (χ3v) is 5.72. The van der Waals surface area contributed by atoms with Crippen LogP contribution in [0.15, 0.2) is 24.3 Å². The maximum atomic E-state index is 14.2. The molecule has 0 bridgehead atoms. The molecule has 106 valence electrons. The summed E-state index contributed by atoms with van der Waals surface area (Å²) in [4.78, 5) is 2.13. The number of aliphatic hydroxyl groups excluding tert-OH is 1. The summed E-state index contributed by atoms with van der Waals surface area (Å²) in [7, 11) is 1.43. The Labute approximate surface area is 125 Å². The van der Waals surface area contributed by atoms with Gasteiger partial charge in [0.25, 0.3) is 0 Å². The Hall–Kier alpha value is -1.04. The van der Waals surface area contributed by atoms with Crippen molar-refractivity contribution in [2.24, 2.45) is 0 Å². The van der Waals surface area contributed by atoms with Crippen LogP contribution in [-0.2, 0) is 12.2 Å². The van der Waals surface area contributed by atoms with E-state index in [1.54, 1.807) is 29.5 Å². The number of hydrogen-bond donors (Lipinski definition) is 1. The fourth-order valence-electron chi connectivity index (χ4n) is 2.35. The van der Waals surface area contributed by atoms with Crippen molar-refractivity contribution in [3.05, 3.63) is 51.0 Å². The third kappa shape index (κ3) is 2.45. The minimum absolute atomic E-state index is 0.165. The van der Waals surface area contributed by atoms with Crippen LogP contribution in [0.5, 0.6) is 5.75 Å². The first-order chi connectivity index (χ1) is 9.70.